The van der Waals surface area contributed by atoms with Crippen LogP contribution in [0.1, 0.15) is 0 Å². The summed E-state index contributed by atoms with van der Waals surface area (Å²) in [4.78, 5) is 4.01. The molecule has 0 bridgehead atoms. The van der Waals surface area contributed by atoms with E-state index in [4.69, 9.17) is 22.8 Å². The van der Waals surface area contributed by atoms with Crippen molar-refractivity contribution >= 4 is 58.2 Å². The molecule has 0 saturated heterocycles. The Balaban J connectivity index is 1.94. The van der Waals surface area contributed by atoms with Gasteiger partial charge in [0.25, 0.3) is 6.77 Å². The van der Waals surface area contributed by atoms with Gasteiger partial charge in [0.15, 0.2) is 5.62 Å². The van der Waals surface area contributed by atoms with Crippen molar-refractivity contribution in [3.8, 4) is 0 Å². The molecule has 4 rings (SSSR count). The minimum Gasteiger partial charge on any atom is -0.0792 e. The van der Waals surface area contributed by atoms with Crippen LogP contribution in [0.5, 0.6) is 0 Å². The van der Waals surface area contributed by atoms with Crippen molar-refractivity contribution < 1.29 is 0 Å². The van der Waals surface area contributed by atoms with Gasteiger partial charge in [0.05, 0.1) is 0 Å². The molecule has 0 spiro atoms. The fraction of sp³-hybridized carbons (Fsp3) is 0.0400. The lowest BCUT2D eigenvalue weighted by Gasteiger charge is -2.29. The maximum Gasteiger partial charge on any atom is 0.281 e. The Kier molecular flexibility index (Phi) is 6.89. The van der Waals surface area contributed by atoms with Crippen LogP contribution in [0.3, 0.4) is 0 Å². The van der Waals surface area contributed by atoms with Gasteiger partial charge in [-0.05, 0) is 53.4 Å². The van der Waals surface area contributed by atoms with Crippen LogP contribution in [0.15, 0.2) is 121 Å². The molecule has 4 aromatic rings. The zero-order valence-electron chi connectivity index (χ0n) is 16.4. The fourth-order valence-electron chi connectivity index (χ4n) is 3.56. The van der Waals surface area contributed by atoms with Gasteiger partial charge < -0.3 is 0 Å². The zero-order chi connectivity index (χ0) is 20.9. The molecule has 0 heterocycles. The fourth-order valence-corrected chi connectivity index (χ4v) is 14.1. The second-order valence-corrected chi connectivity index (χ2v) is 15.1. The van der Waals surface area contributed by atoms with E-state index in [1.54, 1.807) is 0 Å². The second-order valence-electron chi connectivity index (χ2n) is 6.96. The van der Waals surface area contributed by atoms with E-state index >= 15 is 0 Å². The third-order valence-corrected chi connectivity index (χ3v) is 15.2. The molecule has 150 valence electrons. The van der Waals surface area contributed by atoms with Gasteiger partial charge in [-0.3, -0.25) is 0 Å². The lowest BCUT2D eigenvalue weighted by Crippen LogP contribution is -2.38. The van der Waals surface area contributed by atoms with Gasteiger partial charge in [-0.1, -0.05) is 84.4 Å². The van der Waals surface area contributed by atoms with Gasteiger partial charge in [-0.25, -0.2) is 0 Å². The topological polar surface area (TPSA) is 12.0 Å². The normalized spacial score (nSPS) is 11.9. The van der Waals surface area contributed by atoms with Crippen LogP contribution in [-0.2, 0) is 0 Å². The SMILES string of the molecule is ClC[P+](N[P+](Cl)(c1ccccc1)c1ccccc1)(c1ccccc1)c1ccccc1. The Hall–Kier alpha value is -1.72. The number of halogens is 2. The molecule has 1 N–H and O–H groups in total. The van der Waals surface area contributed by atoms with E-state index in [2.05, 4.69) is 77.7 Å². The average molecular weight is 470 g/mol. The van der Waals surface area contributed by atoms with Gasteiger partial charge in [0, 0.05) is 0 Å². The number of hydrogen-bond acceptors (Lipinski definition) is 1. The van der Waals surface area contributed by atoms with E-state index < -0.39 is 14.2 Å². The molecule has 4 aromatic carbocycles. The molecular formula is C25H23Cl2NP2+2. The first-order valence-electron chi connectivity index (χ1n) is 9.74. The van der Waals surface area contributed by atoms with E-state index in [-0.39, 0.29) is 0 Å². The molecule has 1 nitrogen and oxygen atoms in total. The van der Waals surface area contributed by atoms with Crippen LogP contribution in [-0.4, -0.2) is 5.62 Å². The summed E-state index contributed by atoms with van der Waals surface area (Å²) in [7, 11) is -2.20. The molecule has 0 aliphatic rings. The molecule has 0 aromatic heterocycles. The van der Waals surface area contributed by atoms with Gasteiger partial charge in [-0.2, -0.15) is 0 Å². The summed E-state index contributed by atoms with van der Waals surface area (Å²) in [5.41, 5.74) is 0.454. The Morgan fingerprint density at radius 2 is 0.800 bits per heavy atom. The van der Waals surface area contributed by atoms with Crippen LogP contribution in [0.25, 0.3) is 0 Å². The predicted octanol–water partition coefficient (Wildman–Crippen LogP) is 6.09. The van der Waals surface area contributed by atoms with E-state index in [1.807, 2.05) is 48.5 Å². The van der Waals surface area contributed by atoms with Crippen LogP contribution in [0, 0.1) is 0 Å². The quantitative estimate of drug-likeness (QED) is 0.255. The molecule has 0 fully saturated rings. The highest BCUT2D eigenvalue weighted by atomic mass is 35.7. The maximum atomic E-state index is 7.62. The number of benzene rings is 4. The van der Waals surface area contributed by atoms with Gasteiger partial charge in [-0.15, -0.1) is 0 Å². The maximum absolute atomic E-state index is 7.62. The summed E-state index contributed by atoms with van der Waals surface area (Å²) in [6.45, 7) is -2.46. The highest BCUT2D eigenvalue weighted by Crippen LogP contribution is 2.69. The lowest BCUT2D eigenvalue weighted by molar-refractivity contribution is 1.55. The summed E-state index contributed by atoms with van der Waals surface area (Å²) in [6, 6.07) is 41.7. The monoisotopic (exact) mass is 469 g/mol. The van der Waals surface area contributed by atoms with Crippen LogP contribution < -0.4 is 26.1 Å². The minimum absolute atomic E-state index is 0.454. The molecule has 0 saturated carbocycles. The van der Waals surface area contributed by atoms with E-state index in [9.17, 15) is 0 Å². The minimum atomic E-state index is -2.46. The average Bonchev–Trinajstić information content (AvgIpc) is 2.85. The van der Waals surface area contributed by atoms with Crippen LogP contribution in [0.4, 0.5) is 0 Å². The summed E-state index contributed by atoms with van der Waals surface area (Å²) < 4.78 is 0. The Bertz CT molecular complexity index is 982. The van der Waals surface area contributed by atoms with Gasteiger partial charge >= 0.3 is 0 Å². The van der Waals surface area contributed by atoms with Crippen molar-refractivity contribution in [2.45, 2.75) is 0 Å². The molecule has 0 unspecified atom stereocenters. The first-order valence-corrected chi connectivity index (χ1v) is 14.9. The predicted molar refractivity (Wildman–Crippen MR) is 138 cm³/mol. The highest BCUT2D eigenvalue weighted by Gasteiger charge is 2.57. The van der Waals surface area contributed by atoms with E-state index in [1.165, 1.54) is 10.6 Å². The molecule has 0 radical (unpaired) electrons. The molecule has 5 heteroatoms. The van der Waals surface area contributed by atoms with Crippen molar-refractivity contribution in [2.75, 3.05) is 5.62 Å². The van der Waals surface area contributed by atoms with Crippen molar-refractivity contribution in [3.05, 3.63) is 121 Å². The standard InChI is InChI=1S/C25H23Cl2NP2/c26-21-29(22-13-5-1-6-14-22,23-15-7-2-8-16-23)28-30(27,24-17-9-3-10-18-24)25-19-11-4-12-20-25/h1-20,28H,21H2/q+2. The van der Waals surface area contributed by atoms with Crippen molar-refractivity contribution in [1.29, 1.82) is 0 Å². The summed E-state index contributed by atoms with van der Waals surface area (Å²) >= 11 is 14.4. The number of nitrogens with one attached hydrogen (secondary N) is 1. The number of rotatable bonds is 7. The van der Waals surface area contributed by atoms with Crippen molar-refractivity contribution in [1.82, 2.24) is 4.86 Å². The van der Waals surface area contributed by atoms with E-state index in [0.29, 0.717) is 5.62 Å². The lowest BCUT2D eigenvalue weighted by atomic mass is 10.4. The van der Waals surface area contributed by atoms with E-state index in [0.717, 1.165) is 10.6 Å². The number of hydrogen-bond donors (Lipinski definition) is 1. The zero-order valence-corrected chi connectivity index (χ0v) is 19.7. The molecular weight excluding hydrogens is 447 g/mol. The van der Waals surface area contributed by atoms with Crippen molar-refractivity contribution in [2.24, 2.45) is 0 Å². The highest BCUT2D eigenvalue weighted by molar-refractivity contribution is 8.14. The molecule has 0 amide bonds. The third-order valence-electron chi connectivity index (χ3n) is 5.11. The Labute approximate surface area is 189 Å². The van der Waals surface area contributed by atoms with Gasteiger partial charge in [0.1, 0.15) is 32.5 Å². The third kappa shape index (κ3) is 4.19. The largest absolute Gasteiger partial charge is 0.281 e. The smallest absolute Gasteiger partial charge is 0.0792 e. The summed E-state index contributed by atoms with van der Waals surface area (Å²) in [5, 5.41) is 4.59. The molecule has 0 atom stereocenters. The summed E-state index contributed by atoms with van der Waals surface area (Å²) in [5.74, 6) is 0. The Morgan fingerprint density at radius 3 is 1.10 bits per heavy atom. The summed E-state index contributed by atoms with van der Waals surface area (Å²) in [6.07, 6.45) is 0. The van der Waals surface area contributed by atoms with Gasteiger partial charge in [0.2, 0.25) is 7.41 Å². The van der Waals surface area contributed by atoms with Crippen molar-refractivity contribution in [3.63, 3.8) is 0 Å². The number of alkyl halides is 1. The molecule has 0 aliphatic heterocycles. The second kappa shape index (κ2) is 9.61. The van der Waals surface area contributed by atoms with Crippen LogP contribution >= 0.6 is 37.0 Å². The first kappa shape index (κ1) is 21.5. The first-order chi connectivity index (χ1) is 14.7. The Morgan fingerprint density at radius 1 is 0.500 bits per heavy atom. The molecule has 30 heavy (non-hydrogen) atoms. The van der Waals surface area contributed by atoms with Crippen LogP contribution in [0.2, 0.25) is 0 Å². The molecule has 0 aliphatic carbocycles.